The van der Waals surface area contributed by atoms with Gasteiger partial charge < -0.3 is 4.74 Å². The van der Waals surface area contributed by atoms with E-state index in [1.54, 1.807) is 11.1 Å². The molecule has 1 aliphatic carbocycles. The lowest BCUT2D eigenvalue weighted by atomic mass is 9.94. The monoisotopic (exact) mass is 217 g/mol. The van der Waals surface area contributed by atoms with Crippen LogP contribution in [0.4, 0.5) is 4.79 Å². The van der Waals surface area contributed by atoms with Crippen LogP contribution in [0.5, 0.6) is 0 Å². The molecule has 0 aromatic heterocycles. The van der Waals surface area contributed by atoms with Gasteiger partial charge in [0.2, 0.25) is 0 Å². The Bertz CT molecular complexity index is 379. The van der Waals surface area contributed by atoms with E-state index in [4.69, 9.17) is 4.74 Å². The van der Waals surface area contributed by atoms with Crippen molar-refractivity contribution in [1.82, 2.24) is 4.90 Å². The second-order valence-corrected chi connectivity index (χ2v) is 3.67. The molecule has 0 radical (unpaired) electrons. The summed E-state index contributed by atoms with van der Waals surface area (Å²) >= 11 is 0. The number of carbonyl (C=O) groups excluding carboxylic acids is 1. The van der Waals surface area contributed by atoms with Gasteiger partial charge in [-0.2, -0.15) is 0 Å². The van der Waals surface area contributed by atoms with Crippen LogP contribution in [0, 0.1) is 5.92 Å². The van der Waals surface area contributed by atoms with Gasteiger partial charge in [0, 0.05) is 12.1 Å². The summed E-state index contributed by atoms with van der Waals surface area (Å²) in [5, 5.41) is 0. The van der Waals surface area contributed by atoms with E-state index < -0.39 is 0 Å². The van der Waals surface area contributed by atoms with Crippen LogP contribution in [0.1, 0.15) is 6.92 Å². The van der Waals surface area contributed by atoms with Crippen LogP contribution < -0.4 is 0 Å². The number of ether oxygens (including phenoxy) is 1. The zero-order valence-electron chi connectivity index (χ0n) is 9.24. The van der Waals surface area contributed by atoms with Gasteiger partial charge in [0.1, 0.15) is 0 Å². The van der Waals surface area contributed by atoms with Gasteiger partial charge in [-0.15, -0.1) is 0 Å². The van der Waals surface area contributed by atoms with E-state index in [9.17, 15) is 4.79 Å². The minimum Gasteiger partial charge on any atom is -0.449 e. The van der Waals surface area contributed by atoms with Crippen molar-refractivity contribution in [2.45, 2.75) is 13.0 Å². The lowest BCUT2D eigenvalue weighted by Gasteiger charge is -2.29. The van der Waals surface area contributed by atoms with Crippen molar-refractivity contribution in [3.05, 3.63) is 48.7 Å². The lowest BCUT2D eigenvalue weighted by Crippen LogP contribution is -2.39. The Kier molecular flexibility index (Phi) is 3.25. The first-order valence-electron chi connectivity index (χ1n) is 5.48. The molecule has 0 aromatic carbocycles. The maximum Gasteiger partial charge on any atom is 0.414 e. The van der Waals surface area contributed by atoms with Gasteiger partial charge in [-0.25, -0.2) is 4.79 Å². The van der Waals surface area contributed by atoms with Crippen molar-refractivity contribution >= 4 is 6.09 Å². The topological polar surface area (TPSA) is 29.5 Å². The van der Waals surface area contributed by atoms with E-state index in [2.05, 4.69) is 12.2 Å². The molecule has 1 heterocycles. The highest BCUT2D eigenvalue weighted by molar-refractivity contribution is 5.70. The second-order valence-electron chi connectivity index (χ2n) is 3.67. The Morgan fingerprint density at radius 3 is 2.62 bits per heavy atom. The smallest absolute Gasteiger partial charge is 0.414 e. The van der Waals surface area contributed by atoms with Gasteiger partial charge in [0.15, 0.2) is 0 Å². The summed E-state index contributed by atoms with van der Waals surface area (Å²) < 4.78 is 5.04. The average molecular weight is 217 g/mol. The van der Waals surface area contributed by atoms with Crippen molar-refractivity contribution in [1.29, 1.82) is 0 Å². The number of hydrogen-bond acceptors (Lipinski definition) is 2. The van der Waals surface area contributed by atoms with E-state index in [0.717, 1.165) is 0 Å². The van der Waals surface area contributed by atoms with Crippen molar-refractivity contribution in [2.24, 2.45) is 5.92 Å². The predicted molar refractivity (Wildman–Crippen MR) is 62.7 cm³/mol. The summed E-state index contributed by atoms with van der Waals surface area (Å²) in [5.41, 5.74) is 0. The average Bonchev–Trinajstić information content (AvgIpc) is 2.51. The summed E-state index contributed by atoms with van der Waals surface area (Å²) in [7, 11) is 0. The van der Waals surface area contributed by atoms with Crippen molar-refractivity contribution < 1.29 is 9.53 Å². The minimum atomic E-state index is -0.294. The SMILES string of the molecule is CCOC(=O)N1C=CC=C[C@H]2C=CC=C[C@@H]21. The molecule has 0 saturated carbocycles. The van der Waals surface area contributed by atoms with Crippen molar-refractivity contribution in [3.63, 3.8) is 0 Å². The highest BCUT2D eigenvalue weighted by atomic mass is 16.6. The molecule has 0 fully saturated rings. The number of hydrogen-bond donors (Lipinski definition) is 0. The molecule has 0 saturated heterocycles. The van der Waals surface area contributed by atoms with E-state index in [1.807, 2.05) is 37.3 Å². The first kappa shape index (κ1) is 10.7. The summed E-state index contributed by atoms with van der Waals surface area (Å²) in [4.78, 5) is 13.4. The maximum absolute atomic E-state index is 11.8. The molecule has 84 valence electrons. The van der Waals surface area contributed by atoms with Gasteiger partial charge in [-0.05, 0) is 13.0 Å². The minimum absolute atomic E-state index is 0.0269. The van der Waals surface area contributed by atoms with Gasteiger partial charge in [-0.1, -0.05) is 36.5 Å². The summed E-state index contributed by atoms with van der Waals surface area (Å²) in [5.74, 6) is 0.226. The molecule has 0 bridgehead atoms. The Balaban J connectivity index is 2.21. The van der Waals surface area contributed by atoms with Gasteiger partial charge in [0.25, 0.3) is 0 Å². The molecule has 0 unspecified atom stereocenters. The highest BCUT2D eigenvalue weighted by Crippen LogP contribution is 2.23. The fourth-order valence-corrected chi connectivity index (χ4v) is 1.88. The Morgan fingerprint density at radius 1 is 1.19 bits per heavy atom. The number of allylic oxidation sites excluding steroid dienone is 4. The van der Waals surface area contributed by atoms with Crippen molar-refractivity contribution in [3.8, 4) is 0 Å². The van der Waals surface area contributed by atoms with E-state index >= 15 is 0 Å². The standard InChI is InChI=1S/C13H15NO2/c1-2-16-13(15)14-10-6-5-8-11-7-3-4-9-12(11)14/h3-12H,2H2,1H3/t11-,12+/m1/s1. The molecule has 1 aliphatic heterocycles. The van der Waals surface area contributed by atoms with Crippen LogP contribution in [-0.2, 0) is 4.74 Å². The normalized spacial score (nSPS) is 26.4. The Hall–Kier alpha value is -1.77. The molecule has 16 heavy (non-hydrogen) atoms. The van der Waals surface area contributed by atoms with Crippen LogP contribution in [0.15, 0.2) is 48.7 Å². The third kappa shape index (κ3) is 2.08. The van der Waals surface area contributed by atoms with Gasteiger partial charge in [0.05, 0.1) is 12.6 Å². The van der Waals surface area contributed by atoms with E-state index in [1.165, 1.54) is 0 Å². The maximum atomic E-state index is 11.8. The molecule has 2 aliphatic rings. The third-order valence-corrected chi connectivity index (χ3v) is 2.64. The molecule has 2 atom stereocenters. The van der Waals surface area contributed by atoms with E-state index in [0.29, 0.717) is 6.61 Å². The number of rotatable bonds is 1. The largest absolute Gasteiger partial charge is 0.449 e. The second kappa shape index (κ2) is 4.84. The van der Waals surface area contributed by atoms with Gasteiger partial charge >= 0.3 is 6.09 Å². The fourth-order valence-electron chi connectivity index (χ4n) is 1.88. The van der Waals surface area contributed by atoms with Gasteiger partial charge in [-0.3, -0.25) is 4.90 Å². The molecule has 0 aromatic rings. The Morgan fingerprint density at radius 2 is 1.88 bits per heavy atom. The van der Waals surface area contributed by atoms with Crippen LogP contribution in [0.25, 0.3) is 0 Å². The molecule has 2 rings (SSSR count). The number of nitrogens with zero attached hydrogens (tertiary/aromatic N) is 1. The van der Waals surface area contributed by atoms with Crippen LogP contribution in [0.2, 0.25) is 0 Å². The molecule has 3 nitrogen and oxygen atoms in total. The molecular formula is C13H15NO2. The Labute approximate surface area is 95.4 Å². The van der Waals surface area contributed by atoms with Crippen LogP contribution in [0.3, 0.4) is 0 Å². The first-order chi connectivity index (χ1) is 7.83. The molecular weight excluding hydrogens is 202 g/mol. The third-order valence-electron chi connectivity index (χ3n) is 2.64. The zero-order chi connectivity index (χ0) is 11.4. The predicted octanol–water partition coefficient (Wildman–Crippen LogP) is 2.64. The highest BCUT2D eigenvalue weighted by Gasteiger charge is 2.27. The molecule has 3 heteroatoms. The fraction of sp³-hybridized carbons (Fsp3) is 0.308. The molecule has 0 N–H and O–H groups in total. The summed E-state index contributed by atoms with van der Waals surface area (Å²) in [6.07, 6.45) is 15.4. The first-order valence-corrected chi connectivity index (χ1v) is 5.48. The lowest BCUT2D eigenvalue weighted by molar-refractivity contribution is 0.112. The molecule has 1 amide bonds. The van der Waals surface area contributed by atoms with Crippen LogP contribution in [-0.4, -0.2) is 23.6 Å². The quantitative estimate of drug-likeness (QED) is 0.675. The summed E-state index contributed by atoms with van der Waals surface area (Å²) in [6.45, 7) is 2.21. The van der Waals surface area contributed by atoms with E-state index in [-0.39, 0.29) is 18.1 Å². The number of fused-ring (bicyclic) bond motifs is 1. The molecule has 0 spiro atoms. The van der Waals surface area contributed by atoms with Crippen molar-refractivity contribution in [2.75, 3.05) is 6.61 Å². The number of amides is 1. The number of carbonyl (C=O) groups is 1. The zero-order valence-corrected chi connectivity index (χ0v) is 9.24. The summed E-state index contributed by atoms with van der Waals surface area (Å²) in [6, 6.07) is 0.0269. The van der Waals surface area contributed by atoms with Crippen LogP contribution >= 0.6 is 0 Å².